The summed E-state index contributed by atoms with van der Waals surface area (Å²) in [6.07, 6.45) is 0.353. The highest BCUT2D eigenvalue weighted by Crippen LogP contribution is 2.29. The van der Waals surface area contributed by atoms with E-state index >= 15 is 0 Å². The van der Waals surface area contributed by atoms with Crippen molar-refractivity contribution >= 4 is 36.5 Å². The molecule has 0 bridgehead atoms. The Kier molecular flexibility index (Phi) is 11.1. The summed E-state index contributed by atoms with van der Waals surface area (Å²) in [6, 6.07) is 23.0. The Morgan fingerprint density at radius 2 is 1.65 bits per heavy atom. The minimum absolute atomic E-state index is 0. The van der Waals surface area contributed by atoms with E-state index in [2.05, 4.69) is 22.8 Å². The van der Waals surface area contributed by atoms with Gasteiger partial charge in [0, 0.05) is 24.8 Å². The Labute approximate surface area is 195 Å². The van der Waals surface area contributed by atoms with Gasteiger partial charge >= 0.3 is 5.97 Å². The predicted molar refractivity (Wildman–Crippen MR) is 131 cm³/mol. The third kappa shape index (κ3) is 7.26. The SMILES string of the molecule is CNc1cc(C(=O)O)ccc1-c1ccc(CCNC[C@@H](O)c2ccccc2)cc1.Cl.Cl. The summed E-state index contributed by atoms with van der Waals surface area (Å²) >= 11 is 0. The van der Waals surface area contributed by atoms with Crippen LogP contribution in [0.4, 0.5) is 5.69 Å². The Morgan fingerprint density at radius 1 is 0.968 bits per heavy atom. The maximum Gasteiger partial charge on any atom is 0.335 e. The lowest BCUT2D eigenvalue weighted by Crippen LogP contribution is -2.23. The molecule has 0 radical (unpaired) electrons. The molecule has 0 fully saturated rings. The van der Waals surface area contributed by atoms with Gasteiger partial charge in [-0.3, -0.25) is 0 Å². The number of anilines is 1. The van der Waals surface area contributed by atoms with Gasteiger partial charge in [-0.1, -0.05) is 60.7 Å². The number of aromatic carboxylic acids is 1. The topological polar surface area (TPSA) is 81.6 Å². The van der Waals surface area contributed by atoms with E-state index < -0.39 is 12.1 Å². The molecule has 5 nitrogen and oxygen atoms in total. The lowest BCUT2D eigenvalue weighted by atomic mass is 9.99. The van der Waals surface area contributed by atoms with Gasteiger partial charge in [0.05, 0.1) is 11.7 Å². The summed E-state index contributed by atoms with van der Waals surface area (Å²) in [7, 11) is 1.79. The molecule has 0 heterocycles. The monoisotopic (exact) mass is 462 g/mol. The first-order valence-electron chi connectivity index (χ1n) is 9.66. The fraction of sp³-hybridized carbons (Fsp3) is 0.208. The third-order valence-electron chi connectivity index (χ3n) is 4.91. The molecule has 7 heteroatoms. The number of aliphatic hydroxyl groups is 1. The normalized spacial score (nSPS) is 11.0. The Morgan fingerprint density at radius 3 is 2.26 bits per heavy atom. The zero-order chi connectivity index (χ0) is 20.6. The molecule has 0 amide bonds. The summed E-state index contributed by atoms with van der Waals surface area (Å²) < 4.78 is 0. The number of halogens is 2. The number of aliphatic hydroxyl groups excluding tert-OH is 1. The number of hydrogen-bond donors (Lipinski definition) is 4. The highest BCUT2D eigenvalue weighted by atomic mass is 35.5. The van der Waals surface area contributed by atoms with Crippen molar-refractivity contribution in [3.05, 3.63) is 89.5 Å². The molecule has 1 atom stereocenters. The summed E-state index contributed by atoms with van der Waals surface area (Å²) in [5, 5.41) is 25.7. The highest BCUT2D eigenvalue weighted by Gasteiger charge is 2.09. The molecule has 3 rings (SSSR count). The first kappa shape index (κ1) is 26.5. The number of nitrogens with one attached hydrogen (secondary N) is 2. The summed E-state index contributed by atoms with van der Waals surface area (Å²) in [5.41, 5.74) is 5.16. The second kappa shape index (κ2) is 13.0. The number of benzene rings is 3. The third-order valence-corrected chi connectivity index (χ3v) is 4.91. The lowest BCUT2D eigenvalue weighted by Gasteiger charge is -2.13. The Bertz CT molecular complexity index is 951. The van der Waals surface area contributed by atoms with Crippen molar-refractivity contribution in [3.8, 4) is 11.1 Å². The van der Waals surface area contributed by atoms with Crippen molar-refractivity contribution in [1.29, 1.82) is 0 Å². The van der Waals surface area contributed by atoms with E-state index in [-0.39, 0.29) is 30.4 Å². The van der Waals surface area contributed by atoms with Gasteiger partial charge in [-0.05, 0) is 41.8 Å². The van der Waals surface area contributed by atoms with Crippen molar-refractivity contribution in [2.75, 3.05) is 25.5 Å². The van der Waals surface area contributed by atoms with E-state index in [1.54, 1.807) is 19.2 Å². The van der Waals surface area contributed by atoms with Crippen LogP contribution in [-0.4, -0.2) is 36.3 Å². The first-order valence-corrected chi connectivity index (χ1v) is 9.66. The molecule has 3 aromatic rings. The van der Waals surface area contributed by atoms with Crippen LogP contribution in [0.15, 0.2) is 72.8 Å². The zero-order valence-electron chi connectivity index (χ0n) is 17.2. The van der Waals surface area contributed by atoms with E-state index in [1.807, 2.05) is 48.5 Å². The van der Waals surface area contributed by atoms with Crippen molar-refractivity contribution < 1.29 is 15.0 Å². The van der Waals surface area contributed by atoms with E-state index in [0.717, 1.165) is 35.3 Å². The van der Waals surface area contributed by atoms with Crippen LogP contribution in [0.2, 0.25) is 0 Å². The smallest absolute Gasteiger partial charge is 0.335 e. The van der Waals surface area contributed by atoms with Crippen LogP contribution < -0.4 is 10.6 Å². The van der Waals surface area contributed by atoms with Gasteiger partial charge in [0.15, 0.2) is 0 Å². The fourth-order valence-electron chi connectivity index (χ4n) is 3.25. The number of carboxylic acids is 1. The highest BCUT2D eigenvalue weighted by molar-refractivity contribution is 5.91. The molecule has 0 aromatic heterocycles. The maximum atomic E-state index is 11.2. The van der Waals surface area contributed by atoms with Gasteiger partial charge in [-0.25, -0.2) is 4.79 Å². The maximum absolute atomic E-state index is 11.2. The Balaban J connectivity index is 0.00000240. The molecule has 0 aliphatic rings. The van der Waals surface area contributed by atoms with Gasteiger partial charge in [0.25, 0.3) is 0 Å². The van der Waals surface area contributed by atoms with Crippen molar-refractivity contribution in [3.63, 3.8) is 0 Å². The molecule has 0 saturated carbocycles. The molecule has 0 saturated heterocycles. The molecule has 0 aliphatic heterocycles. The minimum Gasteiger partial charge on any atom is -0.478 e. The van der Waals surface area contributed by atoms with E-state index in [0.29, 0.717) is 6.54 Å². The molecule has 3 aromatic carbocycles. The van der Waals surface area contributed by atoms with E-state index in [1.165, 1.54) is 5.56 Å². The van der Waals surface area contributed by atoms with Crippen LogP contribution in [0.25, 0.3) is 11.1 Å². The largest absolute Gasteiger partial charge is 0.478 e. The number of rotatable bonds is 9. The minimum atomic E-state index is -0.937. The van der Waals surface area contributed by atoms with Gasteiger partial charge in [0.2, 0.25) is 0 Å². The summed E-state index contributed by atoms with van der Waals surface area (Å²) in [6.45, 7) is 1.29. The van der Waals surface area contributed by atoms with Gasteiger partial charge in [0.1, 0.15) is 0 Å². The van der Waals surface area contributed by atoms with Crippen LogP contribution in [-0.2, 0) is 6.42 Å². The summed E-state index contributed by atoms with van der Waals surface area (Å²) in [5.74, 6) is -0.937. The zero-order valence-corrected chi connectivity index (χ0v) is 18.9. The van der Waals surface area contributed by atoms with Gasteiger partial charge in [-0.2, -0.15) is 0 Å². The Hall–Kier alpha value is -2.57. The average Bonchev–Trinajstić information content (AvgIpc) is 2.77. The molecule has 0 spiro atoms. The number of carbonyl (C=O) groups is 1. The number of hydrogen-bond acceptors (Lipinski definition) is 4. The van der Waals surface area contributed by atoms with Gasteiger partial charge < -0.3 is 20.8 Å². The van der Waals surface area contributed by atoms with Crippen LogP contribution >= 0.6 is 24.8 Å². The van der Waals surface area contributed by atoms with E-state index in [4.69, 9.17) is 5.11 Å². The molecule has 31 heavy (non-hydrogen) atoms. The summed E-state index contributed by atoms with van der Waals surface area (Å²) in [4.78, 5) is 11.2. The fourth-order valence-corrected chi connectivity index (χ4v) is 3.25. The lowest BCUT2D eigenvalue weighted by molar-refractivity contribution is 0.0697. The van der Waals surface area contributed by atoms with Gasteiger partial charge in [-0.15, -0.1) is 24.8 Å². The van der Waals surface area contributed by atoms with Crippen LogP contribution in [0, 0.1) is 0 Å². The van der Waals surface area contributed by atoms with Crippen LogP contribution in [0.3, 0.4) is 0 Å². The first-order chi connectivity index (χ1) is 14.1. The van der Waals surface area contributed by atoms with Crippen LogP contribution in [0.5, 0.6) is 0 Å². The molecule has 0 unspecified atom stereocenters. The average molecular weight is 463 g/mol. The molecular formula is C24H28Cl2N2O3. The van der Waals surface area contributed by atoms with Crippen molar-refractivity contribution in [1.82, 2.24) is 5.32 Å². The molecule has 0 aliphatic carbocycles. The van der Waals surface area contributed by atoms with Crippen molar-refractivity contribution in [2.24, 2.45) is 0 Å². The molecule has 4 N–H and O–H groups in total. The molecule has 166 valence electrons. The number of carboxylic acid groups (broad SMARTS) is 1. The van der Waals surface area contributed by atoms with Crippen LogP contribution in [0.1, 0.15) is 27.6 Å². The second-order valence-corrected chi connectivity index (χ2v) is 6.89. The second-order valence-electron chi connectivity index (χ2n) is 6.89. The van der Waals surface area contributed by atoms with Crippen molar-refractivity contribution in [2.45, 2.75) is 12.5 Å². The predicted octanol–water partition coefficient (Wildman–Crippen LogP) is 4.80. The molecular weight excluding hydrogens is 435 g/mol. The van der Waals surface area contributed by atoms with E-state index in [9.17, 15) is 9.90 Å². The standard InChI is InChI=1S/C24H26N2O3.2ClH/c1-25-22-15-20(24(28)29)11-12-21(22)18-9-7-17(8-10-18)13-14-26-16-23(27)19-5-3-2-4-6-19;;/h2-12,15,23,25-27H,13-14,16H2,1H3,(H,28,29);2*1H/t23-;;/m1../s1. The quantitative estimate of drug-likeness (QED) is 0.343.